The first-order chi connectivity index (χ1) is 8.58. The Labute approximate surface area is 104 Å². The van der Waals surface area contributed by atoms with Crippen LogP contribution in [0.15, 0.2) is 12.3 Å². The van der Waals surface area contributed by atoms with E-state index in [1.807, 2.05) is 0 Å². The third kappa shape index (κ3) is 2.45. The molecule has 0 bridgehead atoms. The Bertz CT molecular complexity index is 577. The summed E-state index contributed by atoms with van der Waals surface area (Å²) in [4.78, 5) is 12.0. The first-order valence-electron chi connectivity index (χ1n) is 5.44. The van der Waals surface area contributed by atoms with Crippen LogP contribution in [-0.2, 0) is 6.54 Å². The number of hydrogen-bond acceptors (Lipinski definition) is 5. The Balaban J connectivity index is 2.08. The molecule has 94 valence electrons. The highest BCUT2D eigenvalue weighted by Crippen LogP contribution is 2.08. The minimum absolute atomic E-state index is 0.203. The molecular weight excluding hydrogens is 232 g/mol. The molecule has 0 spiro atoms. The highest BCUT2D eigenvalue weighted by Gasteiger charge is 2.11. The molecule has 0 radical (unpaired) electrons. The van der Waals surface area contributed by atoms with Gasteiger partial charge in [-0.3, -0.25) is 9.89 Å². The third-order valence-corrected chi connectivity index (χ3v) is 2.54. The predicted octanol–water partition coefficient (Wildman–Crippen LogP) is 0.329. The van der Waals surface area contributed by atoms with E-state index in [0.29, 0.717) is 29.3 Å². The number of amides is 1. The van der Waals surface area contributed by atoms with Gasteiger partial charge in [0.1, 0.15) is 5.82 Å². The van der Waals surface area contributed by atoms with Crippen molar-refractivity contribution in [2.45, 2.75) is 20.4 Å². The minimum atomic E-state index is -0.203. The number of carbonyl (C=O) groups excluding carboxylic acids is 1. The van der Waals surface area contributed by atoms with E-state index in [-0.39, 0.29) is 5.91 Å². The Hall–Kier alpha value is -2.44. The van der Waals surface area contributed by atoms with Crippen LogP contribution in [0.5, 0.6) is 0 Å². The molecule has 0 aromatic carbocycles. The molecule has 4 N–H and O–H groups in total. The number of nitrogens with zero attached hydrogens (tertiary/aromatic N) is 3. The zero-order valence-corrected chi connectivity index (χ0v) is 10.2. The van der Waals surface area contributed by atoms with Gasteiger partial charge in [-0.05, 0) is 19.9 Å². The van der Waals surface area contributed by atoms with Gasteiger partial charge in [0.15, 0.2) is 0 Å². The van der Waals surface area contributed by atoms with Crippen molar-refractivity contribution >= 4 is 11.7 Å². The molecule has 1 amide bonds. The molecule has 2 rings (SSSR count). The number of anilines is 1. The number of H-pyrrole nitrogens is 1. The van der Waals surface area contributed by atoms with E-state index in [1.165, 1.54) is 0 Å². The maximum Gasteiger partial charge on any atom is 0.253 e. The molecule has 0 aliphatic carbocycles. The number of rotatable bonds is 3. The summed E-state index contributed by atoms with van der Waals surface area (Å²) in [7, 11) is 0. The van der Waals surface area contributed by atoms with E-state index in [9.17, 15) is 4.79 Å². The molecule has 2 heterocycles. The number of aryl methyl sites for hydroxylation is 2. The van der Waals surface area contributed by atoms with Crippen LogP contribution in [0.4, 0.5) is 5.82 Å². The van der Waals surface area contributed by atoms with Crippen molar-refractivity contribution in [3.05, 3.63) is 34.8 Å². The highest BCUT2D eigenvalue weighted by atomic mass is 16.1. The van der Waals surface area contributed by atoms with Crippen LogP contribution >= 0.6 is 0 Å². The highest BCUT2D eigenvalue weighted by molar-refractivity contribution is 5.95. The van der Waals surface area contributed by atoms with Gasteiger partial charge >= 0.3 is 0 Å². The molecule has 0 unspecified atom stereocenters. The molecule has 7 nitrogen and oxygen atoms in total. The largest absolute Gasteiger partial charge is 0.384 e. The molecule has 0 atom stereocenters. The molecular formula is C11H14N6O. The molecule has 0 fully saturated rings. The van der Waals surface area contributed by atoms with Crippen LogP contribution in [-0.4, -0.2) is 26.3 Å². The molecule has 0 saturated carbocycles. The molecule has 18 heavy (non-hydrogen) atoms. The van der Waals surface area contributed by atoms with Crippen molar-refractivity contribution < 1.29 is 4.79 Å². The Morgan fingerprint density at radius 2 is 2.22 bits per heavy atom. The van der Waals surface area contributed by atoms with E-state index in [1.54, 1.807) is 26.1 Å². The average Bonchev–Trinajstić information content (AvgIpc) is 2.75. The SMILES string of the molecule is Cc1cc(C(=O)NCc2cn[nH]c2N)c(C)nn1. The maximum absolute atomic E-state index is 12.0. The van der Waals surface area contributed by atoms with Gasteiger partial charge in [-0.15, -0.1) is 0 Å². The molecule has 0 saturated heterocycles. The van der Waals surface area contributed by atoms with Crippen LogP contribution in [0.2, 0.25) is 0 Å². The number of aromatic amines is 1. The number of nitrogens with one attached hydrogen (secondary N) is 2. The van der Waals surface area contributed by atoms with Crippen LogP contribution in [0.3, 0.4) is 0 Å². The summed E-state index contributed by atoms with van der Waals surface area (Å²) >= 11 is 0. The summed E-state index contributed by atoms with van der Waals surface area (Å²) in [5.74, 6) is 0.252. The maximum atomic E-state index is 12.0. The summed E-state index contributed by atoms with van der Waals surface area (Å²) in [6, 6.07) is 1.70. The second-order valence-electron chi connectivity index (χ2n) is 3.98. The fourth-order valence-electron chi connectivity index (χ4n) is 1.51. The number of carbonyl (C=O) groups is 1. The first kappa shape index (κ1) is 12.0. The lowest BCUT2D eigenvalue weighted by atomic mass is 10.2. The van der Waals surface area contributed by atoms with Gasteiger partial charge in [0.25, 0.3) is 5.91 Å². The summed E-state index contributed by atoms with van der Waals surface area (Å²) in [6.07, 6.45) is 1.58. The fraction of sp³-hybridized carbons (Fsp3) is 0.273. The molecule has 0 aliphatic heterocycles. The van der Waals surface area contributed by atoms with E-state index in [2.05, 4.69) is 25.7 Å². The van der Waals surface area contributed by atoms with Crippen molar-refractivity contribution in [3.8, 4) is 0 Å². The van der Waals surface area contributed by atoms with Crippen LogP contribution < -0.4 is 11.1 Å². The van der Waals surface area contributed by atoms with Gasteiger partial charge in [0, 0.05) is 12.1 Å². The fourth-order valence-corrected chi connectivity index (χ4v) is 1.51. The summed E-state index contributed by atoms with van der Waals surface area (Å²) in [6.45, 7) is 3.85. The molecule has 7 heteroatoms. The molecule has 0 aliphatic rings. The second-order valence-corrected chi connectivity index (χ2v) is 3.98. The van der Waals surface area contributed by atoms with Crippen molar-refractivity contribution in [1.29, 1.82) is 0 Å². The van der Waals surface area contributed by atoms with Crippen molar-refractivity contribution in [2.75, 3.05) is 5.73 Å². The Morgan fingerprint density at radius 3 is 2.89 bits per heavy atom. The predicted molar refractivity (Wildman–Crippen MR) is 65.7 cm³/mol. The summed E-state index contributed by atoms with van der Waals surface area (Å²) in [5, 5.41) is 16.9. The standard InChI is InChI=1S/C11H14N6O/c1-6-3-9(7(2)16-15-6)11(18)13-4-8-5-14-17-10(8)12/h3,5H,4H2,1-2H3,(H,13,18)(H3,12,14,17). The molecule has 2 aromatic heterocycles. The zero-order chi connectivity index (χ0) is 13.1. The van der Waals surface area contributed by atoms with Gasteiger partial charge in [0.05, 0.1) is 23.1 Å². The number of aromatic nitrogens is 4. The van der Waals surface area contributed by atoms with Crippen LogP contribution in [0.25, 0.3) is 0 Å². The lowest BCUT2D eigenvalue weighted by molar-refractivity contribution is 0.0949. The van der Waals surface area contributed by atoms with Gasteiger partial charge in [-0.1, -0.05) is 0 Å². The van der Waals surface area contributed by atoms with Crippen molar-refractivity contribution in [2.24, 2.45) is 0 Å². The lowest BCUT2D eigenvalue weighted by Crippen LogP contribution is -2.24. The smallest absolute Gasteiger partial charge is 0.253 e. The lowest BCUT2D eigenvalue weighted by Gasteiger charge is -2.06. The zero-order valence-electron chi connectivity index (χ0n) is 10.2. The monoisotopic (exact) mass is 246 g/mol. The van der Waals surface area contributed by atoms with Gasteiger partial charge in [0.2, 0.25) is 0 Å². The second kappa shape index (κ2) is 4.82. The number of nitrogen functional groups attached to an aromatic ring is 1. The van der Waals surface area contributed by atoms with Gasteiger partial charge in [-0.25, -0.2) is 0 Å². The quantitative estimate of drug-likeness (QED) is 0.723. The Morgan fingerprint density at radius 1 is 1.44 bits per heavy atom. The summed E-state index contributed by atoms with van der Waals surface area (Å²) < 4.78 is 0. The number of hydrogen-bond donors (Lipinski definition) is 3. The van der Waals surface area contributed by atoms with E-state index in [4.69, 9.17) is 5.73 Å². The minimum Gasteiger partial charge on any atom is -0.384 e. The van der Waals surface area contributed by atoms with Crippen molar-refractivity contribution in [1.82, 2.24) is 25.7 Å². The first-order valence-corrected chi connectivity index (χ1v) is 5.44. The van der Waals surface area contributed by atoms with Crippen LogP contribution in [0.1, 0.15) is 27.3 Å². The summed E-state index contributed by atoms with van der Waals surface area (Å²) in [5.41, 5.74) is 8.19. The van der Waals surface area contributed by atoms with E-state index >= 15 is 0 Å². The van der Waals surface area contributed by atoms with Gasteiger partial charge < -0.3 is 11.1 Å². The normalized spacial score (nSPS) is 10.3. The Kier molecular flexibility index (Phi) is 3.22. The number of nitrogens with two attached hydrogens (primary N) is 1. The van der Waals surface area contributed by atoms with Crippen molar-refractivity contribution in [3.63, 3.8) is 0 Å². The third-order valence-electron chi connectivity index (χ3n) is 2.54. The van der Waals surface area contributed by atoms with Crippen LogP contribution in [0, 0.1) is 13.8 Å². The average molecular weight is 246 g/mol. The van der Waals surface area contributed by atoms with E-state index in [0.717, 1.165) is 5.56 Å². The topological polar surface area (TPSA) is 110 Å². The van der Waals surface area contributed by atoms with E-state index < -0.39 is 0 Å². The molecule has 2 aromatic rings. The van der Waals surface area contributed by atoms with Gasteiger partial charge in [-0.2, -0.15) is 15.3 Å².